The Bertz CT molecular complexity index is 838. The van der Waals surface area contributed by atoms with Gasteiger partial charge in [0.25, 0.3) is 0 Å². The van der Waals surface area contributed by atoms with E-state index >= 15 is 0 Å². The highest BCUT2D eigenvalue weighted by atomic mass is 35.5. The van der Waals surface area contributed by atoms with Crippen molar-refractivity contribution in [2.75, 3.05) is 5.32 Å². The Hall–Kier alpha value is -2.28. The summed E-state index contributed by atoms with van der Waals surface area (Å²) in [5.74, 6) is -1.06. The van der Waals surface area contributed by atoms with Crippen LogP contribution in [0.4, 0.5) is 5.69 Å². The zero-order valence-corrected chi connectivity index (χ0v) is 16.5. The summed E-state index contributed by atoms with van der Waals surface area (Å²) in [5.41, 5.74) is 3.11. The molecule has 3 N–H and O–H groups in total. The first-order valence-electron chi connectivity index (χ1n) is 8.89. The van der Waals surface area contributed by atoms with Gasteiger partial charge in [-0.2, -0.15) is 0 Å². The van der Waals surface area contributed by atoms with Crippen molar-refractivity contribution in [1.29, 1.82) is 0 Å². The maximum absolute atomic E-state index is 12.5. The highest BCUT2D eigenvalue weighted by Crippen LogP contribution is 2.33. The SMILES string of the molecule is O=C(NO)C1CCCC1C(=O)Nc1ccc(OCc2cc(Cl)cc(Cl)c2)cc1. The lowest BCUT2D eigenvalue weighted by atomic mass is 9.94. The highest BCUT2D eigenvalue weighted by Gasteiger charge is 2.37. The third-order valence-electron chi connectivity index (χ3n) is 4.75. The Morgan fingerprint density at radius 2 is 1.61 bits per heavy atom. The van der Waals surface area contributed by atoms with E-state index in [9.17, 15) is 9.59 Å². The van der Waals surface area contributed by atoms with E-state index in [1.54, 1.807) is 47.9 Å². The molecule has 1 aliphatic carbocycles. The Morgan fingerprint density at radius 3 is 2.21 bits per heavy atom. The number of hydrogen-bond acceptors (Lipinski definition) is 4. The summed E-state index contributed by atoms with van der Waals surface area (Å²) < 4.78 is 5.71. The minimum Gasteiger partial charge on any atom is -0.489 e. The summed E-state index contributed by atoms with van der Waals surface area (Å²) >= 11 is 11.9. The lowest BCUT2D eigenvalue weighted by Gasteiger charge is -2.17. The third-order valence-corrected chi connectivity index (χ3v) is 5.19. The zero-order valence-electron chi connectivity index (χ0n) is 15.0. The number of amides is 2. The van der Waals surface area contributed by atoms with Crippen molar-refractivity contribution in [1.82, 2.24) is 5.48 Å². The van der Waals surface area contributed by atoms with Gasteiger partial charge in [0, 0.05) is 21.7 Å². The number of hydroxylamine groups is 1. The quantitative estimate of drug-likeness (QED) is 0.474. The molecule has 0 radical (unpaired) electrons. The normalized spacial score (nSPS) is 18.5. The van der Waals surface area contributed by atoms with Gasteiger partial charge in [0.1, 0.15) is 12.4 Å². The van der Waals surface area contributed by atoms with Crippen LogP contribution in [0.3, 0.4) is 0 Å². The van der Waals surface area contributed by atoms with Gasteiger partial charge >= 0.3 is 0 Å². The van der Waals surface area contributed by atoms with Crippen LogP contribution in [0.15, 0.2) is 42.5 Å². The van der Waals surface area contributed by atoms with E-state index < -0.39 is 17.7 Å². The second-order valence-corrected chi connectivity index (χ2v) is 7.57. The number of nitrogens with one attached hydrogen (secondary N) is 2. The lowest BCUT2D eigenvalue weighted by molar-refractivity contribution is -0.137. The average Bonchev–Trinajstić information content (AvgIpc) is 3.16. The number of rotatable bonds is 6. The summed E-state index contributed by atoms with van der Waals surface area (Å²) in [7, 11) is 0. The fourth-order valence-electron chi connectivity index (χ4n) is 3.40. The van der Waals surface area contributed by atoms with Gasteiger partial charge in [0.15, 0.2) is 0 Å². The Kier molecular flexibility index (Phi) is 6.78. The van der Waals surface area contributed by atoms with Gasteiger partial charge in [0.2, 0.25) is 11.8 Å². The van der Waals surface area contributed by atoms with Crippen LogP contribution in [0.25, 0.3) is 0 Å². The summed E-state index contributed by atoms with van der Waals surface area (Å²) in [6, 6.07) is 12.2. The molecular formula is C20H20Cl2N2O4. The van der Waals surface area contributed by atoms with Crippen molar-refractivity contribution in [2.45, 2.75) is 25.9 Å². The van der Waals surface area contributed by atoms with Crippen LogP contribution in [0.2, 0.25) is 10.0 Å². The number of carbonyl (C=O) groups excluding carboxylic acids is 2. The number of benzene rings is 2. The zero-order chi connectivity index (χ0) is 20.1. The minimum absolute atomic E-state index is 0.228. The molecule has 0 spiro atoms. The van der Waals surface area contributed by atoms with Crippen molar-refractivity contribution >= 4 is 40.7 Å². The Morgan fingerprint density at radius 1 is 1.00 bits per heavy atom. The third kappa shape index (κ3) is 5.16. The molecule has 2 atom stereocenters. The molecule has 2 unspecified atom stereocenters. The van der Waals surface area contributed by atoms with Crippen molar-refractivity contribution in [2.24, 2.45) is 11.8 Å². The van der Waals surface area contributed by atoms with Gasteiger partial charge in [-0.15, -0.1) is 0 Å². The second-order valence-electron chi connectivity index (χ2n) is 6.70. The summed E-state index contributed by atoms with van der Waals surface area (Å²) in [5, 5.41) is 12.7. The summed E-state index contributed by atoms with van der Waals surface area (Å²) in [6.07, 6.45) is 1.98. The predicted octanol–water partition coefficient (Wildman–Crippen LogP) is 4.43. The molecule has 3 rings (SSSR count). The molecule has 0 aromatic heterocycles. The van der Waals surface area contributed by atoms with Crippen molar-refractivity contribution in [3.05, 3.63) is 58.1 Å². The minimum atomic E-state index is -0.512. The number of ether oxygens (including phenoxy) is 1. The fourth-order valence-corrected chi connectivity index (χ4v) is 3.97. The smallest absolute Gasteiger partial charge is 0.247 e. The molecule has 6 nitrogen and oxygen atoms in total. The largest absolute Gasteiger partial charge is 0.489 e. The molecule has 0 heterocycles. The molecule has 8 heteroatoms. The van der Waals surface area contributed by atoms with Gasteiger partial charge in [0.05, 0.1) is 5.92 Å². The first-order valence-corrected chi connectivity index (χ1v) is 9.64. The van der Waals surface area contributed by atoms with Crippen LogP contribution >= 0.6 is 23.2 Å². The molecule has 0 saturated heterocycles. The van der Waals surface area contributed by atoms with E-state index in [1.807, 2.05) is 0 Å². The summed E-state index contributed by atoms with van der Waals surface area (Å²) in [6.45, 7) is 0.312. The average molecular weight is 423 g/mol. The van der Waals surface area contributed by atoms with E-state index in [0.717, 1.165) is 12.0 Å². The molecule has 1 fully saturated rings. The molecule has 28 heavy (non-hydrogen) atoms. The number of halogens is 2. The van der Waals surface area contributed by atoms with Crippen molar-refractivity contribution in [3.63, 3.8) is 0 Å². The highest BCUT2D eigenvalue weighted by molar-refractivity contribution is 6.34. The Labute approximate surface area is 172 Å². The standard InChI is InChI=1S/C20H20Cl2N2O4/c21-13-8-12(9-14(22)10-13)11-28-16-6-4-15(5-7-16)23-19(25)17-2-1-3-18(17)20(26)24-27/h4-10,17-18,27H,1-3,11H2,(H,23,25)(H,24,26). The monoisotopic (exact) mass is 422 g/mol. The van der Waals surface area contributed by atoms with Gasteiger partial charge in [-0.1, -0.05) is 29.6 Å². The van der Waals surface area contributed by atoms with Crippen LogP contribution in [0.5, 0.6) is 5.75 Å². The molecule has 1 saturated carbocycles. The lowest BCUT2D eigenvalue weighted by Crippen LogP contribution is -2.35. The topological polar surface area (TPSA) is 87.7 Å². The Balaban J connectivity index is 1.56. The van der Waals surface area contributed by atoms with E-state index in [-0.39, 0.29) is 5.91 Å². The number of anilines is 1. The van der Waals surface area contributed by atoms with Gasteiger partial charge < -0.3 is 10.1 Å². The van der Waals surface area contributed by atoms with E-state index in [2.05, 4.69) is 5.32 Å². The van der Waals surface area contributed by atoms with Crippen molar-refractivity contribution in [3.8, 4) is 5.75 Å². The van der Waals surface area contributed by atoms with E-state index in [4.69, 9.17) is 33.1 Å². The van der Waals surface area contributed by atoms with Crippen LogP contribution in [-0.4, -0.2) is 17.0 Å². The van der Waals surface area contributed by atoms with Crippen molar-refractivity contribution < 1.29 is 19.5 Å². The van der Waals surface area contributed by atoms with Crippen LogP contribution < -0.4 is 15.5 Å². The predicted molar refractivity (Wildman–Crippen MR) is 107 cm³/mol. The fraction of sp³-hybridized carbons (Fsp3) is 0.300. The van der Waals surface area contributed by atoms with E-state index in [1.165, 1.54) is 0 Å². The van der Waals surface area contributed by atoms with Gasteiger partial charge in [-0.3, -0.25) is 14.8 Å². The molecule has 1 aliphatic rings. The van der Waals surface area contributed by atoms with E-state index in [0.29, 0.717) is 40.9 Å². The van der Waals surface area contributed by atoms with Gasteiger partial charge in [-0.25, -0.2) is 5.48 Å². The molecule has 2 aromatic carbocycles. The molecule has 0 aliphatic heterocycles. The first-order chi connectivity index (χ1) is 13.5. The molecule has 2 aromatic rings. The maximum atomic E-state index is 12.5. The van der Waals surface area contributed by atoms with Crippen LogP contribution in [0.1, 0.15) is 24.8 Å². The first kappa shape index (κ1) is 20.5. The molecule has 2 amide bonds. The molecular weight excluding hydrogens is 403 g/mol. The van der Waals surface area contributed by atoms with Crippen LogP contribution in [-0.2, 0) is 16.2 Å². The number of hydrogen-bond donors (Lipinski definition) is 3. The number of carbonyl (C=O) groups is 2. The maximum Gasteiger partial charge on any atom is 0.247 e. The molecule has 148 valence electrons. The molecule has 0 bridgehead atoms. The van der Waals surface area contributed by atoms with Gasteiger partial charge in [-0.05, 0) is 60.9 Å². The summed E-state index contributed by atoms with van der Waals surface area (Å²) in [4.78, 5) is 24.2. The second kappa shape index (κ2) is 9.28. The van der Waals surface area contributed by atoms with Crippen LogP contribution in [0, 0.1) is 11.8 Å².